The van der Waals surface area contributed by atoms with E-state index < -0.39 is 34.0 Å². The zero-order valence-corrected chi connectivity index (χ0v) is 18.9. The predicted octanol–water partition coefficient (Wildman–Crippen LogP) is 3.40. The van der Waals surface area contributed by atoms with Crippen LogP contribution < -0.4 is 16.4 Å². The lowest BCUT2D eigenvalue weighted by Gasteiger charge is -2.28. The quantitative estimate of drug-likeness (QED) is 0.487. The van der Waals surface area contributed by atoms with E-state index in [0.717, 1.165) is 6.26 Å². The summed E-state index contributed by atoms with van der Waals surface area (Å²) >= 11 is 0. The van der Waals surface area contributed by atoms with Crippen molar-refractivity contribution in [1.29, 1.82) is 0 Å². The number of benzene rings is 2. The van der Waals surface area contributed by atoms with Gasteiger partial charge in [0, 0.05) is 6.26 Å². The van der Waals surface area contributed by atoms with Crippen LogP contribution in [0.25, 0.3) is 11.1 Å². The Bertz CT molecular complexity index is 1010. The Kier molecular flexibility index (Phi) is 8.44. The third-order valence-corrected chi connectivity index (χ3v) is 5.98. The van der Waals surface area contributed by atoms with Gasteiger partial charge in [-0.25, -0.2) is 8.42 Å². The van der Waals surface area contributed by atoms with Crippen molar-refractivity contribution < 1.29 is 26.4 Å². The molecule has 0 unspecified atom stereocenters. The summed E-state index contributed by atoms with van der Waals surface area (Å²) in [5, 5.41) is 4.82. The number of rotatable bonds is 9. The molecule has 0 heterocycles. The minimum atomic E-state index is -4.63. The normalized spacial score (nSPS) is 14.2. The molecule has 2 rings (SSSR count). The van der Waals surface area contributed by atoms with E-state index in [2.05, 4.69) is 10.6 Å². The lowest BCUT2D eigenvalue weighted by Crippen LogP contribution is -2.50. The van der Waals surface area contributed by atoms with E-state index in [4.69, 9.17) is 5.73 Å². The largest absolute Gasteiger partial charge is 0.407 e. The molecule has 6 nitrogen and oxygen atoms in total. The third kappa shape index (κ3) is 7.04. The molecule has 0 radical (unpaired) electrons. The zero-order chi connectivity index (χ0) is 24.1. The van der Waals surface area contributed by atoms with E-state index in [1.54, 1.807) is 12.1 Å². The van der Waals surface area contributed by atoms with Crippen LogP contribution in [0.5, 0.6) is 0 Å². The number of sulfone groups is 1. The second-order valence-electron chi connectivity index (χ2n) is 7.99. The van der Waals surface area contributed by atoms with E-state index in [1.807, 2.05) is 13.8 Å². The maximum absolute atomic E-state index is 13.9. The van der Waals surface area contributed by atoms with Crippen molar-refractivity contribution in [2.45, 2.75) is 43.4 Å². The maximum Gasteiger partial charge on any atom is 0.407 e. The van der Waals surface area contributed by atoms with Crippen molar-refractivity contribution in [3.05, 3.63) is 54.1 Å². The van der Waals surface area contributed by atoms with Gasteiger partial charge in [-0.15, -0.1) is 0 Å². The zero-order valence-electron chi connectivity index (χ0n) is 18.1. The summed E-state index contributed by atoms with van der Waals surface area (Å²) in [5.74, 6) is -0.597. The van der Waals surface area contributed by atoms with Crippen LogP contribution >= 0.6 is 0 Å². The van der Waals surface area contributed by atoms with E-state index in [9.17, 15) is 26.4 Å². The number of carbonyl (C=O) groups is 1. The second-order valence-corrected chi connectivity index (χ2v) is 10.0. The molecule has 0 aromatic heterocycles. The molecule has 176 valence electrons. The highest BCUT2D eigenvalue weighted by molar-refractivity contribution is 7.90. The van der Waals surface area contributed by atoms with Crippen LogP contribution in [0.2, 0.25) is 0 Å². The van der Waals surface area contributed by atoms with E-state index >= 15 is 0 Å². The number of nitrogens with one attached hydrogen (secondary N) is 2. The van der Waals surface area contributed by atoms with Gasteiger partial charge in [0.2, 0.25) is 5.91 Å². The molecule has 2 aromatic carbocycles. The summed E-state index contributed by atoms with van der Waals surface area (Å²) in [6.45, 7) is 3.46. The number of nitrogens with two attached hydrogens (primary N) is 1. The highest BCUT2D eigenvalue weighted by atomic mass is 32.2. The fraction of sp³-hybridized carbons (Fsp3) is 0.409. The minimum Gasteiger partial charge on any atom is -0.342 e. The van der Waals surface area contributed by atoms with E-state index in [1.165, 1.54) is 36.4 Å². The van der Waals surface area contributed by atoms with Gasteiger partial charge in [-0.3, -0.25) is 10.1 Å². The van der Waals surface area contributed by atoms with Crippen molar-refractivity contribution in [2.75, 3.05) is 12.9 Å². The van der Waals surface area contributed by atoms with E-state index in [-0.39, 0.29) is 29.5 Å². The van der Waals surface area contributed by atoms with Crippen molar-refractivity contribution >= 4 is 15.7 Å². The van der Waals surface area contributed by atoms with Crippen LogP contribution in [0.3, 0.4) is 0 Å². The Labute approximate surface area is 186 Å². The molecule has 0 spiro atoms. The summed E-state index contributed by atoms with van der Waals surface area (Å²) in [6.07, 6.45) is -3.32. The maximum atomic E-state index is 13.9. The number of carbonyl (C=O) groups excluding carboxylic acids is 1. The van der Waals surface area contributed by atoms with Crippen LogP contribution in [-0.2, 0) is 14.6 Å². The molecule has 2 atom stereocenters. The predicted molar refractivity (Wildman–Crippen MR) is 117 cm³/mol. The van der Waals surface area contributed by atoms with Gasteiger partial charge in [-0.05, 0) is 41.2 Å². The smallest absolute Gasteiger partial charge is 0.342 e. The van der Waals surface area contributed by atoms with Crippen LogP contribution in [0, 0.1) is 5.92 Å². The highest BCUT2D eigenvalue weighted by Crippen LogP contribution is 2.34. The summed E-state index contributed by atoms with van der Waals surface area (Å²) in [4.78, 5) is 12.4. The average Bonchev–Trinajstić information content (AvgIpc) is 2.69. The molecular weight excluding hydrogens is 443 g/mol. The van der Waals surface area contributed by atoms with Gasteiger partial charge in [0.25, 0.3) is 0 Å². The first-order chi connectivity index (χ1) is 14.8. The molecule has 1 amide bonds. The fourth-order valence-electron chi connectivity index (χ4n) is 3.29. The van der Waals surface area contributed by atoms with E-state index in [0.29, 0.717) is 11.1 Å². The second kappa shape index (κ2) is 10.5. The molecule has 32 heavy (non-hydrogen) atoms. The molecule has 0 saturated carbocycles. The monoisotopic (exact) mass is 471 g/mol. The first-order valence-corrected chi connectivity index (χ1v) is 11.9. The standard InChI is InChI=1S/C22H28F3N3O3S/c1-14(2)12-19(21(29)27-13-26)28-20(22(23,24)25)17-6-4-15(5-7-17)16-8-10-18(11-9-16)32(3,30)31/h4-11,14,19-20,28H,12-13,26H2,1-3H3,(H,27,29)/t19-,20-/m0/s1. The molecule has 0 aliphatic rings. The van der Waals surface area contributed by atoms with Gasteiger partial charge < -0.3 is 11.1 Å². The average molecular weight is 472 g/mol. The lowest BCUT2D eigenvalue weighted by atomic mass is 9.97. The Hall–Kier alpha value is -2.43. The fourth-order valence-corrected chi connectivity index (χ4v) is 3.92. The molecule has 0 aliphatic heterocycles. The number of halogens is 3. The SMILES string of the molecule is CC(C)C[C@H](N[C@@H](c1ccc(-c2ccc(S(C)(=O)=O)cc2)cc1)C(F)(F)F)C(=O)NCN. The summed E-state index contributed by atoms with van der Waals surface area (Å²) in [6, 6.07) is 8.74. The van der Waals surface area contributed by atoms with Gasteiger partial charge >= 0.3 is 6.18 Å². The van der Waals surface area contributed by atoms with Gasteiger partial charge in [0.1, 0.15) is 6.04 Å². The highest BCUT2D eigenvalue weighted by Gasteiger charge is 2.42. The first-order valence-electron chi connectivity index (χ1n) is 10.0. The Morgan fingerprint density at radius 1 is 1.00 bits per heavy atom. The number of hydrogen-bond donors (Lipinski definition) is 3. The molecule has 0 aliphatic carbocycles. The summed E-state index contributed by atoms with van der Waals surface area (Å²) in [7, 11) is -3.34. The Balaban J connectivity index is 2.31. The van der Waals surface area contributed by atoms with Crippen molar-refractivity contribution in [1.82, 2.24) is 10.6 Å². The minimum absolute atomic E-state index is 0.0119. The molecule has 2 aromatic rings. The van der Waals surface area contributed by atoms with Crippen LogP contribution in [0.1, 0.15) is 31.9 Å². The Morgan fingerprint density at radius 2 is 1.50 bits per heavy atom. The van der Waals surface area contributed by atoms with Gasteiger partial charge in [0.15, 0.2) is 9.84 Å². The molecule has 4 N–H and O–H groups in total. The van der Waals surface area contributed by atoms with Crippen molar-refractivity contribution in [3.63, 3.8) is 0 Å². The molecule has 0 saturated heterocycles. The molecule has 0 bridgehead atoms. The molecular formula is C22H28F3N3O3S. The van der Waals surface area contributed by atoms with Gasteiger partial charge in [-0.2, -0.15) is 13.2 Å². The number of alkyl halides is 3. The summed E-state index contributed by atoms with van der Waals surface area (Å²) < 4.78 is 64.7. The van der Waals surface area contributed by atoms with Gasteiger partial charge in [0.05, 0.1) is 17.6 Å². The van der Waals surface area contributed by atoms with Crippen molar-refractivity contribution in [2.24, 2.45) is 11.7 Å². The lowest BCUT2D eigenvalue weighted by molar-refractivity contribution is -0.161. The number of hydrogen-bond acceptors (Lipinski definition) is 5. The Morgan fingerprint density at radius 3 is 1.91 bits per heavy atom. The summed E-state index contributed by atoms with van der Waals surface area (Å²) in [5.41, 5.74) is 6.58. The topological polar surface area (TPSA) is 101 Å². The van der Waals surface area contributed by atoms with Crippen LogP contribution in [0.15, 0.2) is 53.4 Å². The van der Waals surface area contributed by atoms with Crippen molar-refractivity contribution in [3.8, 4) is 11.1 Å². The third-order valence-electron chi connectivity index (χ3n) is 4.85. The molecule has 10 heteroatoms. The molecule has 0 fully saturated rings. The van der Waals surface area contributed by atoms with Crippen LogP contribution in [0.4, 0.5) is 13.2 Å². The van der Waals surface area contributed by atoms with Crippen LogP contribution in [-0.4, -0.2) is 39.5 Å². The first kappa shape index (κ1) is 25.8. The van der Waals surface area contributed by atoms with Gasteiger partial charge in [-0.1, -0.05) is 50.2 Å². The number of amides is 1.